The lowest BCUT2D eigenvalue weighted by atomic mass is 10.0. The van der Waals surface area contributed by atoms with Crippen molar-refractivity contribution in [3.8, 4) is 0 Å². The number of halogens is 1. The third kappa shape index (κ3) is 1.66. The van der Waals surface area contributed by atoms with Crippen LogP contribution in [0.5, 0.6) is 0 Å². The molecular formula is C9H9FN2O. The van der Waals surface area contributed by atoms with E-state index in [0.29, 0.717) is 13.0 Å². The smallest absolute Gasteiger partial charge is 0.220 e. The molecule has 3 nitrogen and oxygen atoms in total. The summed E-state index contributed by atoms with van der Waals surface area (Å²) >= 11 is 0. The van der Waals surface area contributed by atoms with Crippen molar-refractivity contribution in [3.05, 3.63) is 29.8 Å². The fraction of sp³-hybridized carbons (Fsp3) is 0.333. The van der Waals surface area contributed by atoms with Crippen molar-refractivity contribution in [3.63, 3.8) is 0 Å². The van der Waals surface area contributed by atoms with Gasteiger partial charge in [-0.3, -0.25) is 9.78 Å². The van der Waals surface area contributed by atoms with Gasteiger partial charge >= 0.3 is 0 Å². The number of aromatic nitrogens is 1. The fourth-order valence-corrected chi connectivity index (χ4v) is 1.49. The van der Waals surface area contributed by atoms with E-state index >= 15 is 0 Å². The number of nitrogens with one attached hydrogen (secondary N) is 1. The lowest BCUT2D eigenvalue weighted by Crippen LogP contribution is -2.13. The molecule has 1 atom stereocenters. The minimum Gasteiger partial charge on any atom is -0.355 e. The summed E-state index contributed by atoms with van der Waals surface area (Å²) in [5.41, 5.74) is 0.790. The number of hydrogen-bond donors (Lipinski definition) is 1. The van der Waals surface area contributed by atoms with Crippen molar-refractivity contribution in [1.29, 1.82) is 0 Å². The van der Waals surface area contributed by atoms with Crippen LogP contribution in [0.3, 0.4) is 0 Å². The second-order valence-electron chi connectivity index (χ2n) is 3.14. The Morgan fingerprint density at radius 3 is 3.00 bits per heavy atom. The third-order valence-corrected chi connectivity index (χ3v) is 2.17. The molecule has 0 saturated carbocycles. The highest BCUT2D eigenvalue weighted by atomic mass is 19.1. The largest absolute Gasteiger partial charge is 0.355 e. The minimum atomic E-state index is -0.350. The summed E-state index contributed by atoms with van der Waals surface area (Å²) in [6.45, 7) is 0.587. The Balaban J connectivity index is 2.21. The van der Waals surface area contributed by atoms with Gasteiger partial charge in [-0.2, -0.15) is 0 Å². The molecule has 1 saturated heterocycles. The van der Waals surface area contributed by atoms with Crippen molar-refractivity contribution in [2.75, 3.05) is 6.54 Å². The number of rotatable bonds is 1. The zero-order valence-corrected chi connectivity index (χ0v) is 6.96. The van der Waals surface area contributed by atoms with Crippen molar-refractivity contribution >= 4 is 5.91 Å². The fourth-order valence-electron chi connectivity index (χ4n) is 1.49. The number of carbonyl (C=O) groups excluding carboxylic acids is 1. The molecule has 1 fully saturated rings. The molecule has 2 rings (SSSR count). The Morgan fingerprint density at radius 1 is 1.54 bits per heavy atom. The molecule has 0 spiro atoms. The molecule has 0 radical (unpaired) electrons. The van der Waals surface area contributed by atoms with Crippen LogP contribution in [-0.4, -0.2) is 17.4 Å². The highest BCUT2D eigenvalue weighted by molar-refractivity contribution is 5.79. The van der Waals surface area contributed by atoms with Crippen LogP contribution in [0.1, 0.15) is 17.9 Å². The first-order valence-electron chi connectivity index (χ1n) is 4.13. The Labute approximate surface area is 75.0 Å². The maximum atomic E-state index is 12.7. The maximum Gasteiger partial charge on any atom is 0.220 e. The maximum absolute atomic E-state index is 12.7. The van der Waals surface area contributed by atoms with E-state index in [2.05, 4.69) is 10.3 Å². The molecule has 1 aromatic heterocycles. The summed E-state index contributed by atoms with van der Waals surface area (Å²) in [4.78, 5) is 14.6. The van der Waals surface area contributed by atoms with Crippen LogP contribution >= 0.6 is 0 Å². The van der Waals surface area contributed by atoms with Gasteiger partial charge in [-0.05, 0) is 11.6 Å². The standard InChI is InChI=1S/C9H9FN2O/c10-8-1-6(3-11-5-8)7-2-9(13)12-4-7/h1,3,5,7H,2,4H2,(H,12,13). The van der Waals surface area contributed by atoms with Gasteiger partial charge in [0.25, 0.3) is 0 Å². The Bertz CT molecular complexity index is 340. The summed E-state index contributed by atoms with van der Waals surface area (Å²) in [6, 6.07) is 1.43. The van der Waals surface area contributed by atoms with Crippen LogP contribution < -0.4 is 5.32 Å². The summed E-state index contributed by atoms with van der Waals surface area (Å²) in [5.74, 6) is -0.248. The number of amides is 1. The van der Waals surface area contributed by atoms with Crippen LogP contribution in [0.2, 0.25) is 0 Å². The molecule has 1 amide bonds. The van der Waals surface area contributed by atoms with Gasteiger partial charge in [-0.15, -0.1) is 0 Å². The Hall–Kier alpha value is -1.45. The molecule has 1 aliphatic rings. The molecular weight excluding hydrogens is 171 g/mol. The van der Waals surface area contributed by atoms with Crippen molar-refractivity contribution < 1.29 is 9.18 Å². The summed E-state index contributed by atoms with van der Waals surface area (Å²) in [5, 5.41) is 2.70. The SMILES string of the molecule is O=C1CC(c2cncc(F)c2)CN1. The van der Waals surface area contributed by atoms with Crippen molar-refractivity contribution in [2.24, 2.45) is 0 Å². The summed E-state index contributed by atoms with van der Waals surface area (Å²) < 4.78 is 12.7. The molecule has 1 N–H and O–H groups in total. The first-order chi connectivity index (χ1) is 6.25. The highest BCUT2D eigenvalue weighted by Crippen LogP contribution is 2.22. The van der Waals surface area contributed by atoms with Gasteiger partial charge in [0.05, 0.1) is 6.20 Å². The van der Waals surface area contributed by atoms with Gasteiger partial charge in [-0.1, -0.05) is 0 Å². The van der Waals surface area contributed by atoms with E-state index in [1.807, 2.05) is 0 Å². The van der Waals surface area contributed by atoms with Gasteiger partial charge in [0.2, 0.25) is 5.91 Å². The van der Waals surface area contributed by atoms with E-state index in [1.54, 1.807) is 6.20 Å². The van der Waals surface area contributed by atoms with Crippen molar-refractivity contribution in [2.45, 2.75) is 12.3 Å². The predicted octanol–water partition coefficient (Wildman–Crippen LogP) is 0.824. The van der Waals surface area contributed by atoms with Gasteiger partial charge < -0.3 is 5.32 Å². The molecule has 0 aromatic carbocycles. The van der Waals surface area contributed by atoms with E-state index in [4.69, 9.17) is 0 Å². The second kappa shape index (κ2) is 3.12. The van der Waals surface area contributed by atoms with Crippen LogP contribution in [0.4, 0.5) is 4.39 Å². The van der Waals surface area contributed by atoms with E-state index in [-0.39, 0.29) is 17.6 Å². The average Bonchev–Trinajstić information content (AvgIpc) is 2.52. The Morgan fingerprint density at radius 2 is 2.38 bits per heavy atom. The quantitative estimate of drug-likeness (QED) is 0.695. The number of pyridine rings is 1. The average molecular weight is 180 g/mol. The number of nitrogens with zero attached hydrogens (tertiary/aromatic N) is 1. The van der Waals surface area contributed by atoms with Crippen LogP contribution in [0, 0.1) is 5.82 Å². The molecule has 13 heavy (non-hydrogen) atoms. The Kier molecular flexibility index (Phi) is 1.96. The molecule has 1 aromatic rings. The molecule has 1 aliphatic heterocycles. The van der Waals surface area contributed by atoms with Gasteiger partial charge in [0.1, 0.15) is 5.82 Å². The first-order valence-corrected chi connectivity index (χ1v) is 4.13. The lowest BCUT2D eigenvalue weighted by molar-refractivity contribution is -0.119. The molecule has 0 bridgehead atoms. The molecule has 1 unspecified atom stereocenters. The van der Waals surface area contributed by atoms with Gasteiger partial charge in [0.15, 0.2) is 0 Å². The van der Waals surface area contributed by atoms with E-state index in [0.717, 1.165) is 11.8 Å². The zero-order chi connectivity index (χ0) is 9.26. The summed E-state index contributed by atoms with van der Waals surface area (Å²) in [7, 11) is 0. The predicted molar refractivity (Wildman–Crippen MR) is 44.6 cm³/mol. The molecule has 0 aliphatic carbocycles. The van der Waals surface area contributed by atoms with E-state index in [9.17, 15) is 9.18 Å². The van der Waals surface area contributed by atoms with Crippen LogP contribution in [0.15, 0.2) is 18.5 Å². The second-order valence-corrected chi connectivity index (χ2v) is 3.14. The van der Waals surface area contributed by atoms with Gasteiger partial charge in [0, 0.05) is 25.1 Å². The lowest BCUT2D eigenvalue weighted by Gasteiger charge is -2.05. The first kappa shape index (κ1) is 8.16. The zero-order valence-electron chi connectivity index (χ0n) is 6.96. The molecule has 2 heterocycles. The number of carbonyl (C=O) groups is 1. The monoisotopic (exact) mass is 180 g/mol. The van der Waals surface area contributed by atoms with Gasteiger partial charge in [-0.25, -0.2) is 4.39 Å². The topological polar surface area (TPSA) is 42.0 Å². The van der Waals surface area contributed by atoms with Crippen molar-refractivity contribution in [1.82, 2.24) is 10.3 Å². The number of hydrogen-bond acceptors (Lipinski definition) is 2. The van der Waals surface area contributed by atoms with E-state index < -0.39 is 0 Å². The molecule has 68 valence electrons. The highest BCUT2D eigenvalue weighted by Gasteiger charge is 2.23. The van der Waals surface area contributed by atoms with Crippen LogP contribution in [0.25, 0.3) is 0 Å². The van der Waals surface area contributed by atoms with Crippen LogP contribution in [-0.2, 0) is 4.79 Å². The molecule has 4 heteroatoms. The van der Waals surface area contributed by atoms with E-state index in [1.165, 1.54) is 6.07 Å². The third-order valence-electron chi connectivity index (χ3n) is 2.17. The normalized spacial score (nSPS) is 21.6. The summed E-state index contributed by atoms with van der Waals surface area (Å²) in [6.07, 6.45) is 3.20. The minimum absolute atomic E-state index is 0.0225.